The van der Waals surface area contributed by atoms with Gasteiger partial charge in [0.1, 0.15) is 0 Å². The van der Waals surface area contributed by atoms with Crippen molar-refractivity contribution in [1.29, 1.82) is 0 Å². The lowest BCUT2D eigenvalue weighted by Gasteiger charge is -2.40. The van der Waals surface area contributed by atoms with Gasteiger partial charge in [-0.2, -0.15) is 0 Å². The SMILES string of the molecule is CCC(CC(F)F)(C(=O)O)C(C)(C)C. The molecule has 0 heterocycles. The van der Waals surface area contributed by atoms with Gasteiger partial charge in [0, 0.05) is 6.42 Å². The summed E-state index contributed by atoms with van der Waals surface area (Å²) in [6, 6.07) is 0. The molecule has 0 aliphatic heterocycles. The number of rotatable bonds is 4. The first kappa shape index (κ1) is 13.3. The number of halogens is 2. The summed E-state index contributed by atoms with van der Waals surface area (Å²) in [6.45, 7) is 6.70. The zero-order valence-electron chi connectivity index (χ0n) is 9.10. The Kier molecular flexibility index (Phi) is 4.03. The van der Waals surface area contributed by atoms with E-state index in [4.69, 9.17) is 5.11 Å². The molecule has 4 heteroatoms. The molecule has 0 fully saturated rings. The molecule has 14 heavy (non-hydrogen) atoms. The molecule has 0 spiro atoms. The van der Waals surface area contributed by atoms with Gasteiger partial charge in [-0.15, -0.1) is 0 Å². The summed E-state index contributed by atoms with van der Waals surface area (Å²) in [5, 5.41) is 9.07. The fraction of sp³-hybridized carbons (Fsp3) is 0.900. The van der Waals surface area contributed by atoms with Crippen LogP contribution in [0.2, 0.25) is 0 Å². The first-order chi connectivity index (χ1) is 6.17. The Labute approximate surface area is 83.3 Å². The van der Waals surface area contributed by atoms with E-state index >= 15 is 0 Å². The van der Waals surface area contributed by atoms with Crippen molar-refractivity contribution in [3.8, 4) is 0 Å². The van der Waals surface area contributed by atoms with Crippen LogP contribution in [-0.4, -0.2) is 17.5 Å². The molecule has 0 aliphatic carbocycles. The van der Waals surface area contributed by atoms with Crippen LogP contribution in [0.5, 0.6) is 0 Å². The maximum atomic E-state index is 12.3. The van der Waals surface area contributed by atoms with Crippen LogP contribution >= 0.6 is 0 Å². The molecule has 0 saturated heterocycles. The van der Waals surface area contributed by atoms with Gasteiger partial charge in [0.05, 0.1) is 5.41 Å². The molecular weight excluding hydrogens is 190 g/mol. The van der Waals surface area contributed by atoms with Crippen molar-refractivity contribution < 1.29 is 18.7 Å². The van der Waals surface area contributed by atoms with E-state index in [9.17, 15) is 13.6 Å². The van der Waals surface area contributed by atoms with Crippen molar-refractivity contribution in [3.63, 3.8) is 0 Å². The van der Waals surface area contributed by atoms with Crippen LogP contribution in [0.15, 0.2) is 0 Å². The van der Waals surface area contributed by atoms with E-state index in [0.717, 1.165) is 0 Å². The van der Waals surface area contributed by atoms with Crippen molar-refractivity contribution in [2.24, 2.45) is 10.8 Å². The molecule has 0 aromatic heterocycles. The Morgan fingerprint density at radius 1 is 1.36 bits per heavy atom. The summed E-state index contributed by atoms with van der Waals surface area (Å²) in [4.78, 5) is 11.1. The number of hydrogen-bond donors (Lipinski definition) is 1. The molecule has 1 N–H and O–H groups in total. The second-order valence-corrected chi connectivity index (χ2v) is 4.59. The highest BCUT2D eigenvalue weighted by Crippen LogP contribution is 2.46. The Balaban J connectivity index is 5.10. The van der Waals surface area contributed by atoms with Crippen LogP contribution in [0.3, 0.4) is 0 Å². The van der Waals surface area contributed by atoms with Gasteiger partial charge in [-0.1, -0.05) is 27.7 Å². The fourth-order valence-corrected chi connectivity index (χ4v) is 1.80. The smallest absolute Gasteiger partial charge is 0.310 e. The molecule has 2 nitrogen and oxygen atoms in total. The summed E-state index contributed by atoms with van der Waals surface area (Å²) >= 11 is 0. The number of carboxylic acids is 1. The zero-order chi connectivity index (χ0) is 11.6. The van der Waals surface area contributed by atoms with Gasteiger partial charge >= 0.3 is 5.97 Å². The fourth-order valence-electron chi connectivity index (χ4n) is 1.80. The van der Waals surface area contributed by atoms with Crippen molar-refractivity contribution in [1.82, 2.24) is 0 Å². The number of carboxylic acid groups (broad SMARTS) is 1. The van der Waals surface area contributed by atoms with E-state index in [0.29, 0.717) is 0 Å². The van der Waals surface area contributed by atoms with E-state index in [1.807, 2.05) is 0 Å². The van der Waals surface area contributed by atoms with Crippen LogP contribution in [0.4, 0.5) is 8.78 Å². The molecule has 1 atom stereocenters. The molecule has 0 radical (unpaired) electrons. The summed E-state index contributed by atoms with van der Waals surface area (Å²) in [6.07, 6.45) is -2.94. The molecule has 0 amide bonds. The Morgan fingerprint density at radius 2 is 1.79 bits per heavy atom. The normalized spacial score (nSPS) is 16.8. The third kappa shape index (κ3) is 2.42. The monoisotopic (exact) mass is 208 g/mol. The van der Waals surface area contributed by atoms with E-state index in [1.54, 1.807) is 27.7 Å². The molecule has 0 aliphatic rings. The second kappa shape index (κ2) is 4.24. The van der Waals surface area contributed by atoms with Crippen molar-refractivity contribution >= 4 is 5.97 Å². The van der Waals surface area contributed by atoms with Crippen LogP contribution < -0.4 is 0 Å². The Morgan fingerprint density at radius 3 is 1.86 bits per heavy atom. The van der Waals surface area contributed by atoms with E-state index in [2.05, 4.69) is 0 Å². The minimum atomic E-state index is -2.58. The molecular formula is C10H18F2O2. The molecule has 0 aromatic carbocycles. The highest BCUT2D eigenvalue weighted by Gasteiger charge is 2.48. The first-order valence-electron chi connectivity index (χ1n) is 4.69. The lowest BCUT2D eigenvalue weighted by atomic mass is 9.63. The predicted octanol–water partition coefficient (Wildman–Crippen LogP) is 3.17. The number of carbonyl (C=O) groups is 1. The zero-order valence-corrected chi connectivity index (χ0v) is 9.10. The predicted molar refractivity (Wildman–Crippen MR) is 50.4 cm³/mol. The Hall–Kier alpha value is -0.670. The minimum absolute atomic E-state index is 0.218. The van der Waals surface area contributed by atoms with Gasteiger partial charge in [-0.25, -0.2) is 8.78 Å². The van der Waals surface area contributed by atoms with Crippen molar-refractivity contribution in [2.45, 2.75) is 47.0 Å². The number of alkyl halides is 2. The molecule has 1 unspecified atom stereocenters. The van der Waals surface area contributed by atoms with Gasteiger partial charge in [0.25, 0.3) is 0 Å². The third-order valence-electron chi connectivity index (χ3n) is 2.95. The quantitative estimate of drug-likeness (QED) is 0.770. The van der Waals surface area contributed by atoms with Crippen LogP contribution in [0.25, 0.3) is 0 Å². The number of hydrogen-bond acceptors (Lipinski definition) is 1. The standard InChI is InChI=1S/C10H18F2O2/c1-5-10(8(13)14,6-7(11)12)9(2,3)4/h7H,5-6H2,1-4H3,(H,13,14). The Bertz CT molecular complexity index is 209. The van der Waals surface area contributed by atoms with E-state index in [1.165, 1.54) is 0 Å². The van der Waals surface area contributed by atoms with Gasteiger partial charge in [-0.3, -0.25) is 4.79 Å². The van der Waals surface area contributed by atoms with E-state index in [-0.39, 0.29) is 6.42 Å². The van der Waals surface area contributed by atoms with Crippen LogP contribution in [0, 0.1) is 10.8 Å². The van der Waals surface area contributed by atoms with Gasteiger partial charge in [0.15, 0.2) is 0 Å². The largest absolute Gasteiger partial charge is 0.481 e. The van der Waals surface area contributed by atoms with Gasteiger partial charge < -0.3 is 5.11 Å². The summed E-state index contributed by atoms with van der Waals surface area (Å²) in [7, 11) is 0. The molecule has 84 valence electrons. The van der Waals surface area contributed by atoms with Crippen molar-refractivity contribution in [3.05, 3.63) is 0 Å². The van der Waals surface area contributed by atoms with Crippen LogP contribution in [-0.2, 0) is 4.79 Å². The highest BCUT2D eigenvalue weighted by atomic mass is 19.3. The third-order valence-corrected chi connectivity index (χ3v) is 2.95. The lowest BCUT2D eigenvalue weighted by molar-refractivity contribution is -0.161. The summed E-state index contributed by atoms with van der Waals surface area (Å²) in [5.74, 6) is -1.13. The van der Waals surface area contributed by atoms with E-state index < -0.39 is 29.6 Å². The van der Waals surface area contributed by atoms with Gasteiger partial charge in [0.2, 0.25) is 6.43 Å². The first-order valence-corrected chi connectivity index (χ1v) is 4.69. The summed E-state index contributed by atoms with van der Waals surface area (Å²) < 4.78 is 24.7. The van der Waals surface area contributed by atoms with Crippen molar-refractivity contribution in [2.75, 3.05) is 0 Å². The maximum absolute atomic E-state index is 12.3. The van der Waals surface area contributed by atoms with Gasteiger partial charge in [-0.05, 0) is 11.8 Å². The number of aliphatic carboxylic acids is 1. The maximum Gasteiger partial charge on any atom is 0.310 e. The lowest BCUT2D eigenvalue weighted by Crippen LogP contribution is -2.44. The van der Waals surface area contributed by atoms with Crippen LogP contribution in [0.1, 0.15) is 40.5 Å². The second-order valence-electron chi connectivity index (χ2n) is 4.59. The topological polar surface area (TPSA) is 37.3 Å². The highest BCUT2D eigenvalue weighted by molar-refractivity contribution is 5.75. The molecule has 0 saturated carbocycles. The average Bonchev–Trinajstić information content (AvgIpc) is 1.96. The minimum Gasteiger partial charge on any atom is -0.481 e. The summed E-state index contributed by atoms with van der Waals surface area (Å²) in [5.41, 5.74) is -1.99. The molecule has 0 rings (SSSR count). The average molecular weight is 208 g/mol. The molecule has 0 aromatic rings. The molecule has 0 bridgehead atoms.